The van der Waals surface area contributed by atoms with E-state index in [0.29, 0.717) is 6.04 Å². The SMILES string of the molecule is COc1cc(N2CCN(C3CC3)c3ccc(SN)cc32)c2cc(C)c(=O)n(C)c2c1. The summed E-state index contributed by atoms with van der Waals surface area (Å²) < 4.78 is 7.32. The van der Waals surface area contributed by atoms with Crippen molar-refractivity contribution in [3.8, 4) is 5.75 Å². The smallest absolute Gasteiger partial charge is 0.253 e. The molecule has 5 rings (SSSR count). The molecule has 2 N–H and O–H groups in total. The molecule has 1 aliphatic carbocycles. The monoisotopic (exact) mass is 422 g/mol. The van der Waals surface area contributed by atoms with Crippen LogP contribution in [0.15, 0.2) is 46.1 Å². The number of pyridine rings is 1. The van der Waals surface area contributed by atoms with Gasteiger partial charge in [-0.25, -0.2) is 0 Å². The summed E-state index contributed by atoms with van der Waals surface area (Å²) in [4.78, 5) is 18.5. The third-order valence-corrected chi connectivity index (χ3v) is 6.76. The topological polar surface area (TPSA) is 63.7 Å². The molecule has 0 saturated heterocycles. The fourth-order valence-corrected chi connectivity index (χ4v) is 4.84. The third kappa shape index (κ3) is 3.04. The van der Waals surface area contributed by atoms with Crippen LogP contribution in [0, 0.1) is 6.92 Å². The van der Waals surface area contributed by atoms with Gasteiger partial charge in [-0.05, 0) is 56.0 Å². The standard InChI is InChI=1S/C23H26N4O2S/c1-14-10-18-20(25(2)23(14)28)11-16(29-3)12-21(18)27-9-8-26(15-4-5-15)19-7-6-17(30-24)13-22(19)27/h6-7,10-13,15H,4-5,8-9,24H2,1-3H3. The van der Waals surface area contributed by atoms with Crippen LogP contribution in [0.3, 0.4) is 0 Å². The van der Waals surface area contributed by atoms with Crippen molar-refractivity contribution < 1.29 is 4.74 Å². The Morgan fingerprint density at radius 3 is 2.57 bits per heavy atom. The summed E-state index contributed by atoms with van der Waals surface area (Å²) in [6.45, 7) is 3.71. The summed E-state index contributed by atoms with van der Waals surface area (Å²) >= 11 is 1.27. The Balaban J connectivity index is 1.76. The Kier molecular flexibility index (Phi) is 4.67. The second-order valence-electron chi connectivity index (χ2n) is 8.12. The lowest BCUT2D eigenvalue weighted by molar-refractivity contribution is 0.415. The van der Waals surface area contributed by atoms with Crippen LogP contribution in [-0.2, 0) is 7.05 Å². The van der Waals surface area contributed by atoms with Crippen LogP contribution in [0.1, 0.15) is 18.4 Å². The number of aromatic nitrogens is 1. The summed E-state index contributed by atoms with van der Waals surface area (Å²) in [5.74, 6) is 0.742. The minimum atomic E-state index is 0.0162. The Hall–Kier alpha value is -2.64. The van der Waals surface area contributed by atoms with Gasteiger partial charge in [0.1, 0.15) is 5.75 Å². The van der Waals surface area contributed by atoms with E-state index < -0.39 is 0 Å². The minimum Gasteiger partial charge on any atom is -0.497 e. The second-order valence-corrected chi connectivity index (χ2v) is 8.82. The Bertz CT molecular complexity index is 1200. The molecule has 2 heterocycles. The first-order chi connectivity index (χ1) is 14.5. The lowest BCUT2D eigenvalue weighted by atomic mass is 10.1. The molecule has 0 spiro atoms. The molecule has 0 radical (unpaired) electrons. The quantitative estimate of drug-likeness (QED) is 0.643. The van der Waals surface area contributed by atoms with Crippen LogP contribution < -0.4 is 25.2 Å². The molecule has 6 nitrogen and oxygen atoms in total. The number of hydrogen-bond donors (Lipinski definition) is 1. The molecule has 3 aromatic rings. The van der Waals surface area contributed by atoms with Crippen LogP contribution in [0.4, 0.5) is 17.1 Å². The summed E-state index contributed by atoms with van der Waals surface area (Å²) in [6.07, 6.45) is 2.52. The van der Waals surface area contributed by atoms with E-state index in [4.69, 9.17) is 9.88 Å². The molecular formula is C23H26N4O2S. The Labute approximate surface area is 180 Å². The van der Waals surface area contributed by atoms with Crippen LogP contribution in [0.2, 0.25) is 0 Å². The van der Waals surface area contributed by atoms with Gasteiger partial charge in [-0.15, -0.1) is 0 Å². The van der Waals surface area contributed by atoms with Gasteiger partial charge in [0.25, 0.3) is 5.56 Å². The fraction of sp³-hybridized carbons (Fsp3) is 0.348. The predicted molar refractivity (Wildman–Crippen MR) is 124 cm³/mol. The first-order valence-corrected chi connectivity index (χ1v) is 11.1. The van der Waals surface area contributed by atoms with Gasteiger partial charge in [0.2, 0.25) is 0 Å². The van der Waals surface area contributed by atoms with Gasteiger partial charge in [-0.2, -0.15) is 0 Å². The number of fused-ring (bicyclic) bond motifs is 2. The molecule has 1 aromatic heterocycles. The molecule has 0 atom stereocenters. The molecule has 2 aliphatic rings. The first kappa shape index (κ1) is 19.3. The van der Waals surface area contributed by atoms with Crippen molar-refractivity contribution in [3.05, 3.63) is 52.3 Å². The second kappa shape index (κ2) is 7.25. The Morgan fingerprint density at radius 2 is 1.87 bits per heavy atom. The number of benzene rings is 2. The third-order valence-electron chi connectivity index (χ3n) is 6.24. The largest absolute Gasteiger partial charge is 0.497 e. The number of methoxy groups -OCH3 is 1. The summed E-state index contributed by atoms with van der Waals surface area (Å²) in [6, 6.07) is 13.1. The van der Waals surface area contributed by atoms with E-state index in [-0.39, 0.29) is 5.56 Å². The van der Waals surface area contributed by atoms with Crippen molar-refractivity contribution in [2.24, 2.45) is 12.2 Å². The molecule has 0 unspecified atom stereocenters. The van der Waals surface area contributed by atoms with Crippen LogP contribution >= 0.6 is 11.9 Å². The average molecular weight is 423 g/mol. The molecule has 1 fully saturated rings. The van der Waals surface area contributed by atoms with Gasteiger partial charge in [-0.1, -0.05) is 0 Å². The number of nitrogens with zero attached hydrogens (tertiary/aromatic N) is 3. The van der Waals surface area contributed by atoms with Crippen molar-refractivity contribution in [2.75, 3.05) is 30.0 Å². The zero-order chi connectivity index (χ0) is 21.0. The van der Waals surface area contributed by atoms with E-state index in [1.54, 1.807) is 11.7 Å². The van der Waals surface area contributed by atoms with E-state index in [1.807, 2.05) is 26.1 Å². The van der Waals surface area contributed by atoms with Crippen molar-refractivity contribution in [3.63, 3.8) is 0 Å². The summed E-state index contributed by atoms with van der Waals surface area (Å²) in [5.41, 5.74) is 5.08. The number of anilines is 3. The number of nitrogens with two attached hydrogens (primary N) is 1. The molecular weight excluding hydrogens is 396 g/mol. The summed E-state index contributed by atoms with van der Waals surface area (Å²) in [5, 5.41) is 6.94. The number of hydrogen-bond acceptors (Lipinski definition) is 6. The average Bonchev–Trinajstić information content (AvgIpc) is 3.61. The molecule has 1 aliphatic heterocycles. The summed E-state index contributed by atoms with van der Waals surface area (Å²) in [7, 11) is 3.49. The zero-order valence-electron chi connectivity index (χ0n) is 17.5. The van der Waals surface area contributed by atoms with Gasteiger partial charge in [-0.3, -0.25) is 9.93 Å². The molecule has 2 aromatic carbocycles. The van der Waals surface area contributed by atoms with Gasteiger partial charge < -0.3 is 19.1 Å². The Morgan fingerprint density at radius 1 is 1.07 bits per heavy atom. The van der Waals surface area contributed by atoms with Crippen LogP contribution in [0.25, 0.3) is 10.9 Å². The number of rotatable bonds is 4. The zero-order valence-corrected chi connectivity index (χ0v) is 18.3. The minimum absolute atomic E-state index is 0.0162. The highest BCUT2D eigenvalue weighted by molar-refractivity contribution is 7.97. The highest BCUT2D eigenvalue weighted by atomic mass is 32.2. The van der Waals surface area contributed by atoms with E-state index in [1.165, 1.54) is 30.5 Å². The van der Waals surface area contributed by atoms with Crippen molar-refractivity contribution in [2.45, 2.75) is 30.7 Å². The van der Waals surface area contributed by atoms with Crippen molar-refractivity contribution in [1.29, 1.82) is 0 Å². The van der Waals surface area contributed by atoms with Crippen molar-refractivity contribution >= 4 is 39.9 Å². The molecule has 30 heavy (non-hydrogen) atoms. The van der Waals surface area contributed by atoms with Gasteiger partial charge in [0.05, 0.1) is 29.7 Å². The maximum atomic E-state index is 12.6. The van der Waals surface area contributed by atoms with Gasteiger partial charge in [0, 0.05) is 54.2 Å². The number of ether oxygens (including phenoxy) is 1. The molecule has 7 heteroatoms. The highest BCUT2D eigenvalue weighted by Crippen LogP contribution is 2.46. The highest BCUT2D eigenvalue weighted by Gasteiger charge is 2.35. The van der Waals surface area contributed by atoms with E-state index in [0.717, 1.165) is 51.6 Å². The lowest BCUT2D eigenvalue weighted by Crippen LogP contribution is -2.40. The maximum Gasteiger partial charge on any atom is 0.253 e. The fourth-order valence-electron chi connectivity index (χ4n) is 4.52. The van der Waals surface area contributed by atoms with Crippen molar-refractivity contribution in [1.82, 2.24) is 4.57 Å². The van der Waals surface area contributed by atoms with Gasteiger partial charge in [0.15, 0.2) is 0 Å². The van der Waals surface area contributed by atoms with Gasteiger partial charge >= 0.3 is 0 Å². The first-order valence-electron chi connectivity index (χ1n) is 10.2. The molecule has 156 valence electrons. The molecule has 0 bridgehead atoms. The molecule has 0 amide bonds. The maximum absolute atomic E-state index is 12.6. The van der Waals surface area contributed by atoms with E-state index in [9.17, 15) is 4.79 Å². The van der Waals surface area contributed by atoms with Crippen LogP contribution in [0.5, 0.6) is 5.75 Å². The van der Waals surface area contributed by atoms with E-state index >= 15 is 0 Å². The number of aryl methyl sites for hydroxylation is 2. The van der Waals surface area contributed by atoms with Crippen LogP contribution in [-0.4, -0.2) is 30.8 Å². The lowest BCUT2D eigenvalue weighted by Gasteiger charge is -2.40. The predicted octanol–water partition coefficient (Wildman–Crippen LogP) is 3.94. The van der Waals surface area contributed by atoms with E-state index in [2.05, 4.69) is 34.1 Å². The molecule has 1 saturated carbocycles. The normalized spacial score (nSPS) is 16.1.